The molecule has 2 heterocycles. The van der Waals surface area contributed by atoms with E-state index in [-0.39, 0.29) is 5.91 Å². The van der Waals surface area contributed by atoms with E-state index in [1.807, 2.05) is 48.5 Å². The van der Waals surface area contributed by atoms with Crippen LogP contribution in [0.4, 0.5) is 5.13 Å². The second kappa shape index (κ2) is 10.00. The standard InChI is InChI=1S/C23H22ClN3O2S/c24-19-8-4-5-17(15-19)9-10-21(28)25-23-26-22(18-6-2-1-3-7-18)20(30-23)16-27-11-13-29-14-12-27/h1-10,15H,11-14,16H2,(H,25,26,28)/b10-9+. The monoisotopic (exact) mass is 439 g/mol. The smallest absolute Gasteiger partial charge is 0.250 e. The van der Waals surface area contributed by atoms with E-state index in [0.29, 0.717) is 10.2 Å². The summed E-state index contributed by atoms with van der Waals surface area (Å²) < 4.78 is 5.45. The number of benzene rings is 2. The summed E-state index contributed by atoms with van der Waals surface area (Å²) in [5.74, 6) is -0.221. The highest BCUT2D eigenvalue weighted by atomic mass is 35.5. The van der Waals surface area contributed by atoms with Crippen LogP contribution in [0.1, 0.15) is 10.4 Å². The molecule has 3 aromatic rings. The van der Waals surface area contributed by atoms with Crippen LogP contribution in [0.15, 0.2) is 60.7 Å². The maximum Gasteiger partial charge on any atom is 0.250 e. The number of anilines is 1. The van der Waals surface area contributed by atoms with Gasteiger partial charge in [0.05, 0.1) is 18.9 Å². The number of ether oxygens (including phenoxy) is 1. The lowest BCUT2D eigenvalue weighted by atomic mass is 10.1. The van der Waals surface area contributed by atoms with Crippen molar-refractivity contribution in [1.82, 2.24) is 9.88 Å². The lowest BCUT2D eigenvalue weighted by molar-refractivity contribution is -0.111. The first-order valence-electron chi connectivity index (χ1n) is 9.77. The highest BCUT2D eigenvalue weighted by Crippen LogP contribution is 2.32. The Morgan fingerprint density at radius 3 is 2.73 bits per heavy atom. The molecule has 0 radical (unpaired) electrons. The van der Waals surface area contributed by atoms with Crippen LogP contribution in [-0.2, 0) is 16.1 Å². The molecule has 0 unspecified atom stereocenters. The van der Waals surface area contributed by atoms with Crippen LogP contribution in [0.25, 0.3) is 17.3 Å². The van der Waals surface area contributed by atoms with E-state index in [1.54, 1.807) is 12.1 Å². The Bertz CT molecular complexity index is 1030. The SMILES string of the molecule is O=C(/C=C/c1cccc(Cl)c1)Nc1nc(-c2ccccc2)c(CN2CCOCC2)s1. The summed E-state index contributed by atoms with van der Waals surface area (Å²) in [6, 6.07) is 17.4. The van der Waals surface area contributed by atoms with Gasteiger partial charge in [-0.1, -0.05) is 65.4 Å². The molecular formula is C23H22ClN3O2S. The van der Waals surface area contributed by atoms with Crippen molar-refractivity contribution in [2.24, 2.45) is 0 Å². The quantitative estimate of drug-likeness (QED) is 0.552. The van der Waals surface area contributed by atoms with Crippen LogP contribution in [0.5, 0.6) is 0 Å². The first-order chi connectivity index (χ1) is 14.7. The molecule has 1 amide bonds. The van der Waals surface area contributed by atoms with Crippen LogP contribution in [0.2, 0.25) is 5.02 Å². The van der Waals surface area contributed by atoms with Gasteiger partial charge in [-0.3, -0.25) is 15.0 Å². The van der Waals surface area contributed by atoms with Crippen LogP contribution in [-0.4, -0.2) is 42.1 Å². The zero-order valence-corrected chi connectivity index (χ0v) is 18.0. The number of carbonyl (C=O) groups is 1. The van der Waals surface area contributed by atoms with E-state index < -0.39 is 0 Å². The number of nitrogens with zero attached hydrogens (tertiary/aromatic N) is 2. The Balaban J connectivity index is 1.52. The molecule has 2 aromatic carbocycles. The highest BCUT2D eigenvalue weighted by molar-refractivity contribution is 7.16. The van der Waals surface area contributed by atoms with Gasteiger partial charge < -0.3 is 4.74 Å². The highest BCUT2D eigenvalue weighted by Gasteiger charge is 2.18. The maximum absolute atomic E-state index is 12.4. The van der Waals surface area contributed by atoms with E-state index in [1.165, 1.54) is 17.4 Å². The first-order valence-corrected chi connectivity index (χ1v) is 11.0. The van der Waals surface area contributed by atoms with Crippen LogP contribution < -0.4 is 5.32 Å². The molecule has 0 atom stereocenters. The number of hydrogen-bond acceptors (Lipinski definition) is 5. The average Bonchev–Trinajstić information content (AvgIpc) is 3.15. The number of carbonyl (C=O) groups excluding carboxylic acids is 1. The molecule has 0 bridgehead atoms. The summed E-state index contributed by atoms with van der Waals surface area (Å²) in [4.78, 5) is 20.6. The molecule has 1 aliphatic heterocycles. The Labute approximate surface area is 185 Å². The number of rotatable bonds is 6. The van der Waals surface area contributed by atoms with Crippen molar-refractivity contribution in [2.45, 2.75) is 6.54 Å². The number of amides is 1. The molecule has 1 aromatic heterocycles. The maximum atomic E-state index is 12.4. The minimum absolute atomic E-state index is 0.221. The Morgan fingerprint density at radius 1 is 1.17 bits per heavy atom. The van der Waals surface area contributed by atoms with Gasteiger partial charge in [0.25, 0.3) is 0 Å². The predicted octanol–water partition coefficient (Wildman–Crippen LogP) is 4.95. The summed E-state index contributed by atoms with van der Waals surface area (Å²) in [5, 5.41) is 4.13. The summed E-state index contributed by atoms with van der Waals surface area (Å²) >= 11 is 7.51. The van der Waals surface area contributed by atoms with Gasteiger partial charge in [0.15, 0.2) is 5.13 Å². The van der Waals surface area contributed by atoms with Gasteiger partial charge in [0, 0.05) is 41.2 Å². The largest absolute Gasteiger partial charge is 0.379 e. The fourth-order valence-corrected chi connectivity index (χ4v) is 4.45. The molecule has 154 valence electrons. The third-order valence-electron chi connectivity index (χ3n) is 4.72. The Kier molecular flexibility index (Phi) is 6.92. The van der Waals surface area contributed by atoms with Gasteiger partial charge in [-0.05, 0) is 23.8 Å². The van der Waals surface area contributed by atoms with Gasteiger partial charge in [-0.15, -0.1) is 0 Å². The topological polar surface area (TPSA) is 54.5 Å². The molecule has 1 N–H and O–H groups in total. The number of thiazole rings is 1. The summed E-state index contributed by atoms with van der Waals surface area (Å²) in [6.07, 6.45) is 3.23. The molecule has 4 rings (SSSR count). The Morgan fingerprint density at radius 2 is 1.97 bits per heavy atom. The van der Waals surface area contributed by atoms with Crippen molar-refractivity contribution < 1.29 is 9.53 Å². The van der Waals surface area contributed by atoms with Gasteiger partial charge in [0.1, 0.15) is 0 Å². The van der Waals surface area contributed by atoms with Crippen molar-refractivity contribution in [2.75, 3.05) is 31.6 Å². The van der Waals surface area contributed by atoms with Crippen LogP contribution >= 0.6 is 22.9 Å². The normalized spacial score (nSPS) is 14.8. The number of aromatic nitrogens is 1. The molecule has 7 heteroatoms. The van der Waals surface area contributed by atoms with Gasteiger partial charge >= 0.3 is 0 Å². The zero-order chi connectivity index (χ0) is 20.8. The second-order valence-corrected chi connectivity index (χ2v) is 8.44. The van der Waals surface area contributed by atoms with E-state index in [4.69, 9.17) is 21.3 Å². The molecule has 5 nitrogen and oxygen atoms in total. The van der Waals surface area contributed by atoms with Gasteiger partial charge in [0.2, 0.25) is 5.91 Å². The molecule has 1 saturated heterocycles. The number of nitrogens with one attached hydrogen (secondary N) is 1. The van der Waals surface area contributed by atoms with E-state index in [2.05, 4.69) is 10.2 Å². The number of hydrogen-bond donors (Lipinski definition) is 1. The molecule has 0 spiro atoms. The van der Waals surface area contributed by atoms with Crippen molar-refractivity contribution in [3.05, 3.63) is 76.1 Å². The summed E-state index contributed by atoms with van der Waals surface area (Å²) in [5.41, 5.74) is 2.84. The van der Waals surface area contributed by atoms with Gasteiger partial charge in [-0.25, -0.2) is 4.98 Å². The number of halogens is 1. The van der Waals surface area contributed by atoms with Crippen molar-refractivity contribution in [3.63, 3.8) is 0 Å². The van der Waals surface area contributed by atoms with E-state index >= 15 is 0 Å². The first kappa shape index (κ1) is 20.8. The third-order valence-corrected chi connectivity index (χ3v) is 5.91. The van der Waals surface area contributed by atoms with Crippen LogP contribution in [0, 0.1) is 0 Å². The van der Waals surface area contributed by atoms with Crippen molar-refractivity contribution >= 4 is 40.1 Å². The minimum Gasteiger partial charge on any atom is -0.379 e. The third kappa shape index (κ3) is 5.55. The zero-order valence-electron chi connectivity index (χ0n) is 16.4. The predicted molar refractivity (Wildman–Crippen MR) is 123 cm³/mol. The van der Waals surface area contributed by atoms with E-state index in [0.717, 1.165) is 54.5 Å². The summed E-state index contributed by atoms with van der Waals surface area (Å²) in [7, 11) is 0. The fraction of sp³-hybridized carbons (Fsp3) is 0.217. The van der Waals surface area contributed by atoms with Crippen molar-refractivity contribution in [1.29, 1.82) is 0 Å². The fourth-order valence-electron chi connectivity index (χ4n) is 3.23. The lowest BCUT2D eigenvalue weighted by Gasteiger charge is -2.26. The lowest BCUT2D eigenvalue weighted by Crippen LogP contribution is -2.35. The molecule has 0 aliphatic carbocycles. The second-order valence-electron chi connectivity index (χ2n) is 6.92. The average molecular weight is 440 g/mol. The molecule has 0 saturated carbocycles. The molecular weight excluding hydrogens is 418 g/mol. The molecule has 30 heavy (non-hydrogen) atoms. The Hall–Kier alpha value is -2.51. The molecule has 1 aliphatic rings. The van der Waals surface area contributed by atoms with E-state index in [9.17, 15) is 4.79 Å². The minimum atomic E-state index is -0.221. The van der Waals surface area contributed by atoms with Gasteiger partial charge in [-0.2, -0.15) is 0 Å². The number of morpholine rings is 1. The van der Waals surface area contributed by atoms with Crippen molar-refractivity contribution in [3.8, 4) is 11.3 Å². The molecule has 1 fully saturated rings. The summed E-state index contributed by atoms with van der Waals surface area (Å²) in [6.45, 7) is 4.08. The van der Waals surface area contributed by atoms with Crippen LogP contribution in [0.3, 0.4) is 0 Å².